The van der Waals surface area contributed by atoms with Gasteiger partial charge in [-0.1, -0.05) is 34.6 Å². The molecule has 0 bridgehead atoms. The summed E-state index contributed by atoms with van der Waals surface area (Å²) in [5.74, 6) is -0.936. The Morgan fingerprint density at radius 1 is 1.27 bits per heavy atom. The first-order chi connectivity index (χ1) is 18.8. The summed E-state index contributed by atoms with van der Waals surface area (Å²) < 4.78 is 26.6. The molecule has 1 saturated heterocycles. The van der Waals surface area contributed by atoms with Gasteiger partial charge in [-0.2, -0.15) is 5.26 Å². The van der Waals surface area contributed by atoms with Crippen LogP contribution in [0.15, 0.2) is 10.9 Å². The first-order valence-corrected chi connectivity index (χ1v) is 16.2. The topological polar surface area (TPSA) is 155 Å². The van der Waals surface area contributed by atoms with Gasteiger partial charge in [0.15, 0.2) is 0 Å². The molecule has 2 aliphatic heterocycles. The summed E-state index contributed by atoms with van der Waals surface area (Å²) >= 11 is 0. The van der Waals surface area contributed by atoms with Crippen molar-refractivity contribution in [3.05, 3.63) is 33.2 Å². The van der Waals surface area contributed by atoms with Crippen molar-refractivity contribution in [1.82, 2.24) is 24.8 Å². The van der Waals surface area contributed by atoms with Crippen molar-refractivity contribution in [1.29, 1.82) is 5.26 Å². The molecule has 0 aromatic carbocycles. The summed E-state index contributed by atoms with van der Waals surface area (Å²) in [7, 11) is -3.70. The minimum absolute atomic E-state index is 0.0388. The number of nitriles is 1. The third kappa shape index (κ3) is 6.37. The normalized spacial score (nSPS) is 25.2. The van der Waals surface area contributed by atoms with E-state index in [2.05, 4.69) is 53.7 Å². The number of carbonyl (C=O) groups is 2. The van der Waals surface area contributed by atoms with Crippen molar-refractivity contribution in [2.45, 2.75) is 92.0 Å². The van der Waals surface area contributed by atoms with Crippen molar-refractivity contribution in [2.75, 3.05) is 19.3 Å². The first kappa shape index (κ1) is 31.2. The van der Waals surface area contributed by atoms with Gasteiger partial charge in [0.05, 0.1) is 12.3 Å². The van der Waals surface area contributed by atoms with Gasteiger partial charge in [0, 0.05) is 43.4 Å². The lowest BCUT2D eigenvalue weighted by Crippen LogP contribution is -2.59. The Hall–Kier alpha value is -2.75. The van der Waals surface area contributed by atoms with Gasteiger partial charge in [-0.05, 0) is 54.6 Å². The molecule has 2 amide bonds. The molecule has 3 N–H and O–H groups in total. The van der Waals surface area contributed by atoms with Crippen LogP contribution in [0.3, 0.4) is 0 Å². The minimum Gasteiger partial charge on any atom is -0.338 e. The van der Waals surface area contributed by atoms with Crippen LogP contribution in [0.5, 0.6) is 0 Å². The molecule has 5 atom stereocenters. The van der Waals surface area contributed by atoms with E-state index in [1.54, 1.807) is 20.8 Å². The largest absolute Gasteiger partial charge is 0.338 e. The Kier molecular flexibility index (Phi) is 8.23. The zero-order valence-electron chi connectivity index (χ0n) is 25.4. The van der Waals surface area contributed by atoms with E-state index < -0.39 is 45.4 Å². The van der Waals surface area contributed by atoms with Crippen LogP contribution >= 0.6 is 0 Å². The molecular formula is C29H44N6O5S. The number of carbonyl (C=O) groups excluding carboxylic acids is 2. The van der Waals surface area contributed by atoms with Gasteiger partial charge in [-0.15, -0.1) is 0 Å². The molecule has 4 rings (SSSR count). The van der Waals surface area contributed by atoms with Crippen LogP contribution in [-0.2, 0) is 39.0 Å². The van der Waals surface area contributed by atoms with Gasteiger partial charge in [0.1, 0.15) is 18.1 Å². The Bertz CT molecular complexity index is 1420. The minimum atomic E-state index is -3.70. The third-order valence-electron chi connectivity index (χ3n) is 9.15. The third-order valence-corrected chi connectivity index (χ3v) is 9.82. The Morgan fingerprint density at radius 3 is 2.49 bits per heavy atom. The van der Waals surface area contributed by atoms with E-state index >= 15 is 0 Å². The number of nitrogens with zero attached hydrogens (tertiary/aromatic N) is 3. The monoisotopic (exact) mass is 588 g/mol. The molecule has 226 valence electrons. The van der Waals surface area contributed by atoms with Crippen LogP contribution < -0.4 is 15.6 Å². The van der Waals surface area contributed by atoms with Gasteiger partial charge in [0.2, 0.25) is 21.8 Å². The smallest absolute Gasteiger partial charge is 0.251 e. The molecule has 1 unspecified atom stereocenters. The fourth-order valence-corrected chi connectivity index (χ4v) is 7.44. The average Bonchev–Trinajstić information content (AvgIpc) is 3.18. The number of nitrogens with one attached hydrogen (secondary N) is 3. The highest BCUT2D eigenvalue weighted by Crippen LogP contribution is 2.65. The fraction of sp³-hybridized carbons (Fsp3) is 0.724. The highest BCUT2D eigenvalue weighted by molar-refractivity contribution is 7.88. The van der Waals surface area contributed by atoms with Crippen molar-refractivity contribution < 1.29 is 18.0 Å². The summed E-state index contributed by atoms with van der Waals surface area (Å²) in [6.45, 7) is 15.5. The van der Waals surface area contributed by atoms with Crippen molar-refractivity contribution in [3.63, 3.8) is 0 Å². The summed E-state index contributed by atoms with van der Waals surface area (Å²) in [5, 5.41) is 12.7. The second kappa shape index (κ2) is 10.8. The Morgan fingerprint density at radius 2 is 1.93 bits per heavy atom. The predicted octanol–water partition coefficient (Wildman–Crippen LogP) is 1.14. The Balaban J connectivity index is 1.54. The standard InChI is InChI=1S/C29H44N6O5S/c1-16(2)34-10-9-17-11-18(25(36)32-21(17)15-34)12-19(13-30)31-26(37)23-22-20(29(22,6)7)14-35(23)27(38)24(28(3,4)5)33-41(8,39)40/h11,16,19-20,22-24,33H,9-10,12,14-15H2,1-8H3,(H,31,37)(H,32,36)/t19?,20-,22-,23-,24+/m0/s1. The van der Waals surface area contributed by atoms with Crippen LogP contribution in [0, 0.1) is 34.0 Å². The SMILES string of the molecule is CC(C)N1CCc2cc(CC(C#N)NC(=O)[C@@H]3[C@@H]4[C@H](CN3C(=O)[C@@H](NS(C)(=O)=O)C(C)(C)C)C4(C)C)c(=O)[nH]c2C1. The lowest BCUT2D eigenvalue weighted by Gasteiger charge is -2.37. The number of piperidine rings is 1. The highest BCUT2D eigenvalue weighted by atomic mass is 32.2. The number of pyridine rings is 1. The number of amides is 2. The maximum absolute atomic E-state index is 13.8. The van der Waals surface area contributed by atoms with Gasteiger partial charge in [0.25, 0.3) is 5.56 Å². The van der Waals surface area contributed by atoms with Gasteiger partial charge in [-0.3, -0.25) is 19.3 Å². The number of hydrogen-bond donors (Lipinski definition) is 3. The lowest BCUT2D eigenvalue weighted by atomic mass is 9.86. The number of sulfonamides is 1. The van der Waals surface area contributed by atoms with Gasteiger partial charge < -0.3 is 15.2 Å². The fourth-order valence-electron chi connectivity index (χ4n) is 6.56. The van der Waals surface area contributed by atoms with E-state index in [-0.39, 0.29) is 29.2 Å². The molecule has 2 fully saturated rings. The van der Waals surface area contributed by atoms with E-state index in [1.165, 1.54) is 4.90 Å². The maximum Gasteiger partial charge on any atom is 0.251 e. The van der Waals surface area contributed by atoms with Crippen LogP contribution in [0.2, 0.25) is 0 Å². The number of aromatic amines is 1. The number of hydrogen-bond acceptors (Lipinski definition) is 7. The molecule has 3 aliphatic rings. The summed E-state index contributed by atoms with van der Waals surface area (Å²) in [4.78, 5) is 47.2. The number of likely N-dealkylation sites (tertiary alicyclic amines) is 1. The van der Waals surface area contributed by atoms with E-state index in [4.69, 9.17) is 0 Å². The molecule has 12 heteroatoms. The highest BCUT2D eigenvalue weighted by Gasteiger charge is 2.69. The van der Waals surface area contributed by atoms with Crippen molar-refractivity contribution in [3.8, 4) is 6.07 Å². The average molecular weight is 589 g/mol. The van der Waals surface area contributed by atoms with E-state index in [0.717, 1.165) is 30.5 Å². The molecule has 41 heavy (non-hydrogen) atoms. The number of rotatable bonds is 8. The predicted molar refractivity (Wildman–Crippen MR) is 155 cm³/mol. The number of H-pyrrole nitrogens is 1. The summed E-state index contributed by atoms with van der Waals surface area (Å²) in [6.07, 6.45) is 1.83. The summed E-state index contributed by atoms with van der Waals surface area (Å²) in [6, 6.07) is 1.46. The van der Waals surface area contributed by atoms with Gasteiger partial charge >= 0.3 is 0 Å². The zero-order chi connectivity index (χ0) is 30.7. The molecule has 0 spiro atoms. The molecular weight excluding hydrogens is 544 g/mol. The Labute approximate surface area is 243 Å². The van der Waals surface area contributed by atoms with Crippen LogP contribution in [0.25, 0.3) is 0 Å². The van der Waals surface area contributed by atoms with Crippen LogP contribution in [0.4, 0.5) is 0 Å². The van der Waals surface area contributed by atoms with Crippen LogP contribution in [-0.4, -0.2) is 78.5 Å². The molecule has 1 saturated carbocycles. The maximum atomic E-state index is 13.8. The molecule has 0 radical (unpaired) electrons. The van der Waals surface area contributed by atoms with Gasteiger partial charge in [-0.25, -0.2) is 13.1 Å². The number of aromatic nitrogens is 1. The molecule has 1 aromatic rings. The molecule has 1 aliphatic carbocycles. The summed E-state index contributed by atoms with van der Waals surface area (Å²) in [5.41, 5.74) is 1.18. The quantitative estimate of drug-likeness (QED) is 0.411. The second-order valence-electron chi connectivity index (χ2n) is 13.9. The van der Waals surface area contributed by atoms with E-state index in [1.807, 2.05) is 6.07 Å². The number of fused-ring (bicyclic) bond motifs is 2. The lowest BCUT2D eigenvalue weighted by molar-refractivity contribution is -0.143. The first-order valence-electron chi connectivity index (χ1n) is 14.3. The molecule has 11 nitrogen and oxygen atoms in total. The zero-order valence-corrected chi connectivity index (χ0v) is 26.2. The molecule has 1 aromatic heterocycles. The van der Waals surface area contributed by atoms with Crippen molar-refractivity contribution in [2.24, 2.45) is 22.7 Å². The van der Waals surface area contributed by atoms with Crippen LogP contribution in [0.1, 0.15) is 65.3 Å². The molecule has 3 heterocycles. The van der Waals surface area contributed by atoms with Crippen molar-refractivity contribution >= 4 is 21.8 Å². The second-order valence-corrected chi connectivity index (χ2v) is 15.7. The van der Waals surface area contributed by atoms with E-state index in [9.17, 15) is 28.1 Å². The van der Waals surface area contributed by atoms with E-state index in [0.29, 0.717) is 24.7 Å².